The zero-order valence-electron chi connectivity index (χ0n) is 12.4. The minimum Gasteiger partial charge on any atom is -0.399 e. The molecule has 0 fully saturated rings. The largest absolute Gasteiger partial charge is 0.399 e. The molecule has 112 valence electrons. The summed E-state index contributed by atoms with van der Waals surface area (Å²) in [5.41, 5.74) is 6.81. The highest BCUT2D eigenvalue weighted by molar-refractivity contribution is 6.34. The molecular formula is C15H24ClN3O. The number of nitrogens with zero attached hydrogens (tertiary/aromatic N) is 1. The van der Waals surface area contributed by atoms with Crippen LogP contribution in [0.3, 0.4) is 0 Å². The summed E-state index contributed by atoms with van der Waals surface area (Å²) in [6, 6.07) is 5.08. The van der Waals surface area contributed by atoms with Gasteiger partial charge in [0.1, 0.15) is 0 Å². The quantitative estimate of drug-likeness (QED) is 0.760. The maximum Gasteiger partial charge on any atom is 0.238 e. The molecule has 0 heterocycles. The predicted octanol–water partition coefficient (Wildman–Crippen LogP) is 3.23. The topological polar surface area (TPSA) is 58.4 Å². The summed E-state index contributed by atoms with van der Waals surface area (Å²) in [5.74, 6) is 0.532. The van der Waals surface area contributed by atoms with E-state index in [1.165, 1.54) is 0 Å². The summed E-state index contributed by atoms with van der Waals surface area (Å²) >= 11 is 6.04. The van der Waals surface area contributed by atoms with Crippen molar-refractivity contribution in [3.05, 3.63) is 23.2 Å². The smallest absolute Gasteiger partial charge is 0.238 e. The van der Waals surface area contributed by atoms with Gasteiger partial charge in [-0.25, -0.2) is 0 Å². The van der Waals surface area contributed by atoms with Gasteiger partial charge in [-0.2, -0.15) is 0 Å². The highest BCUT2D eigenvalue weighted by atomic mass is 35.5. The van der Waals surface area contributed by atoms with Gasteiger partial charge in [-0.05, 0) is 30.7 Å². The zero-order chi connectivity index (χ0) is 15.1. The van der Waals surface area contributed by atoms with Gasteiger partial charge >= 0.3 is 0 Å². The molecule has 0 saturated carbocycles. The third kappa shape index (κ3) is 5.39. The molecule has 4 nitrogen and oxygen atoms in total. The predicted molar refractivity (Wildman–Crippen MR) is 86.1 cm³/mol. The van der Waals surface area contributed by atoms with Gasteiger partial charge in [-0.3, -0.25) is 9.69 Å². The number of carbonyl (C=O) groups is 1. The van der Waals surface area contributed by atoms with Gasteiger partial charge in [0.05, 0.1) is 17.3 Å². The lowest BCUT2D eigenvalue weighted by Crippen LogP contribution is -2.36. The molecule has 0 aliphatic heterocycles. The summed E-state index contributed by atoms with van der Waals surface area (Å²) in [6.07, 6.45) is 1.11. The molecule has 1 aromatic rings. The molecule has 3 N–H and O–H groups in total. The Hall–Kier alpha value is -1.26. The molecule has 1 aromatic carbocycles. The number of amides is 1. The summed E-state index contributed by atoms with van der Waals surface area (Å²) in [7, 11) is 0. The number of likely N-dealkylation sites (N-methyl/N-ethyl adjacent to an activating group) is 1. The molecule has 0 aromatic heterocycles. The van der Waals surface area contributed by atoms with Crippen LogP contribution >= 0.6 is 11.6 Å². The number of rotatable bonds is 7. The third-order valence-corrected chi connectivity index (χ3v) is 3.66. The van der Waals surface area contributed by atoms with E-state index in [0.29, 0.717) is 28.9 Å². The van der Waals surface area contributed by atoms with Crippen LogP contribution in [0.4, 0.5) is 11.4 Å². The van der Waals surface area contributed by atoms with Gasteiger partial charge in [-0.1, -0.05) is 38.8 Å². The van der Waals surface area contributed by atoms with Gasteiger partial charge in [0.25, 0.3) is 0 Å². The molecule has 1 amide bonds. The first-order valence-electron chi connectivity index (χ1n) is 7.03. The monoisotopic (exact) mass is 297 g/mol. The van der Waals surface area contributed by atoms with Crippen LogP contribution in [-0.4, -0.2) is 30.4 Å². The maximum absolute atomic E-state index is 12.0. The molecule has 1 atom stereocenters. The van der Waals surface area contributed by atoms with E-state index in [-0.39, 0.29) is 5.91 Å². The molecule has 1 unspecified atom stereocenters. The van der Waals surface area contributed by atoms with E-state index in [1.807, 2.05) is 0 Å². The number of hydrogen-bond acceptors (Lipinski definition) is 3. The van der Waals surface area contributed by atoms with Crippen LogP contribution in [-0.2, 0) is 4.79 Å². The number of nitrogens with one attached hydrogen (secondary N) is 1. The number of benzene rings is 1. The second-order valence-corrected chi connectivity index (χ2v) is 5.54. The minimum absolute atomic E-state index is 0.0539. The summed E-state index contributed by atoms with van der Waals surface area (Å²) in [5, 5.41) is 3.29. The minimum atomic E-state index is -0.0539. The normalized spacial score (nSPS) is 12.4. The molecule has 0 aliphatic carbocycles. The van der Waals surface area contributed by atoms with Gasteiger partial charge in [0.15, 0.2) is 0 Å². The first-order chi connectivity index (χ1) is 9.46. The number of carbonyl (C=O) groups excluding carboxylic acids is 1. The lowest BCUT2D eigenvalue weighted by molar-refractivity contribution is -0.117. The van der Waals surface area contributed by atoms with Crippen molar-refractivity contribution in [3.63, 3.8) is 0 Å². The van der Waals surface area contributed by atoms with Crippen LogP contribution in [0, 0.1) is 5.92 Å². The van der Waals surface area contributed by atoms with E-state index in [2.05, 4.69) is 31.0 Å². The number of nitrogens with two attached hydrogens (primary N) is 1. The molecule has 20 heavy (non-hydrogen) atoms. The lowest BCUT2D eigenvalue weighted by Gasteiger charge is -2.23. The van der Waals surface area contributed by atoms with E-state index in [4.69, 9.17) is 17.3 Å². The van der Waals surface area contributed by atoms with Gasteiger partial charge in [0.2, 0.25) is 5.91 Å². The van der Waals surface area contributed by atoms with E-state index in [1.54, 1.807) is 18.2 Å². The Morgan fingerprint density at radius 2 is 2.15 bits per heavy atom. The lowest BCUT2D eigenvalue weighted by atomic mass is 10.1. The Labute approximate surface area is 126 Å². The van der Waals surface area contributed by atoms with Crippen LogP contribution < -0.4 is 11.1 Å². The fourth-order valence-electron chi connectivity index (χ4n) is 1.90. The average molecular weight is 298 g/mol. The highest BCUT2D eigenvalue weighted by Crippen LogP contribution is 2.23. The van der Waals surface area contributed by atoms with Gasteiger partial charge < -0.3 is 11.1 Å². The number of anilines is 2. The second kappa shape index (κ2) is 8.12. The molecule has 0 radical (unpaired) electrons. The summed E-state index contributed by atoms with van der Waals surface area (Å²) in [4.78, 5) is 14.2. The maximum atomic E-state index is 12.0. The molecule has 1 rings (SSSR count). The number of halogens is 1. The SMILES string of the molecule is CCC(C)CN(CC)CC(=O)Nc1ccc(N)cc1Cl. The summed E-state index contributed by atoms with van der Waals surface area (Å²) in [6.45, 7) is 8.57. The van der Waals surface area contributed by atoms with E-state index >= 15 is 0 Å². The van der Waals surface area contributed by atoms with E-state index < -0.39 is 0 Å². The van der Waals surface area contributed by atoms with Crippen molar-refractivity contribution in [2.75, 3.05) is 30.7 Å². The Morgan fingerprint density at radius 1 is 1.45 bits per heavy atom. The van der Waals surface area contributed by atoms with Crippen molar-refractivity contribution in [2.24, 2.45) is 5.92 Å². The standard InChI is InChI=1S/C15H24ClN3O/c1-4-11(3)9-19(5-2)10-15(20)18-14-7-6-12(17)8-13(14)16/h6-8,11H,4-5,9-10,17H2,1-3H3,(H,18,20). The van der Waals surface area contributed by atoms with Crippen molar-refractivity contribution in [1.29, 1.82) is 0 Å². The Balaban J connectivity index is 2.57. The fraction of sp³-hybridized carbons (Fsp3) is 0.533. The molecular weight excluding hydrogens is 274 g/mol. The highest BCUT2D eigenvalue weighted by Gasteiger charge is 2.13. The van der Waals surface area contributed by atoms with Crippen LogP contribution in [0.1, 0.15) is 27.2 Å². The van der Waals surface area contributed by atoms with E-state index in [0.717, 1.165) is 19.5 Å². The van der Waals surface area contributed by atoms with Crippen molar-refractivity contribution in [2.45, 2.75) is 27.2 Å². The van der Waals surface area contributed by atoms with Crippen molar-refractivity contribution < 1.29 is 4.79 Å². The Morgan fingerprint density at radius 3 is 2.70 bits per heavy atom. The molecule has 0 bridgehead atoms. The van der Waals surface area contributed by atoms with Crippen molar-refractivity contribution in [3.8, 4) is 0 Å². The third-order valence-electron chi connectivity index (χ3n) is 3.35. The van der Waals surface area contributed by atoms with Gasteiger partial charge in [-0.15, -0.1) is 0 Å². The number of hydrogen-bond donors (Lipinski definition) is 2. The van der Waals surface area contributed by atoms with Crippen LogP contribution in [0.2, 0.25) is 5.02 Å². The fourth-order valence-corrected chi connectivity index (χ4v) is 2.14. The first kappa shape index (κ1) is 16.8. The molecule has 0 saturated heterocycles. The Bertz CT molecular complexity index is 451. The van der Waals surface area contributed by atoms with Crippen LogP contribution in [0.15, 0.2) is 18.2 Å². The van der Waals surface area contributed by atoms with Crippen LogP contribution in [0.25, 0.3) is 0 Å². The summed E-state index contributed by atoms with van der Waals surface area (Å²) < 4.78 is 0. The van der Waals surface area contributed by atoms with Gasteiger partial charge in [0, 0.05) is 12.2 Å². The first-order valence-corrected chi connectivity index (χ1v) is 7.41. The van der Waals surface area contributed by atoms with Crippen molar-refractivity contribution >= 4 is 28.9 Å². The van der Waals surface area contributed by atoms with E-state index in [9.17, 15) is 4.79 Å². The second-order valence-electron chi connectivity index (χ2n) is 5.13. The molecule has 0 spiro atoms. The molecule has 5 heteroatoms. The zero-order valence-corrected chi connectivity index (χ0v) is 13.2. The van der Waals surface area contributed by atoms with Crippen LogP contribution in [0.5, 0.6) is 0 Å². The van der Waals surface area contributed by atoms with Crippen molar-refractivity contribution in [1.82, 2.24) is 4.90 Å². The number of nitrogen functional groups attached to an aromatic ring is 1. The Kier molecular flexibility index (Phi) is 6.82. The molecule has 0 aliphatic rings. The average Bonchev–Trinajstić information content (AvgIpc) is 2.41.